The average molecular weight is 443 g/mol. The van der Waals surface area contributed by atoms with Crippen LogP contribution in [0.5, 0.6) is 0 Å². The van der Waals surface area contributed by atoms with Crippen molar-refractivity contribution in [3.05, 3.63) is 33.8 Å². The van der Waals surface area contributed by atoms with E-state index in [1.165, 1.54) is 38.5 Å². The maximum atomic E-state index is 6.87. The van der Waals surface area contributed by atoms with Crippen LogP contribution < -0.4 is 5.32 Å². The first-order valence-corrected chi connectivity index (χ1v) is 14.6. The first-order chi connectivity index (χ1) is 13.5. The van der Waals surface area contributed by atoms with Crippen molar-refractivity contribution < 1.29 is 4.43 Å². The minimum Gasteiger partial charge on any atom is -0.409 e. The van der Waals surface area contributed by atoms with Crippen LogP contribution in [0.3, 0.4) is 0 Å². The molecule has 0 radical (unpaired) electrons. The Labute approximate surface area is 182 Å². The number of rotatable bonds is 10. The van der Waals surface area contributed by atoms with Gasteiger partial charge in [-0.15, -0.1) is 0 Å². The van der Waals surface area contributed by atoms with Crippen LogP contribution in [-0.2, 0) is 4.43 Å². The average Bonchev–Trinajstić information content (AvgIpc) is 3.46. The molecular formula is C23H37Cl2NOSi. The van der Waals surface area contributed by atoms with Crippen molar-refractivity contribution in [2.75, 3.05) is 13.1 Å². The third-order valence-corrected chi connectivity index (χ3v) is 12.8. The zero-order valence-electron chi connectivity index (χ0n) is 17.8. The number of halogens is 2. The lowest BCUT2D eigenvalue weighted by Crippen LogP contribution is -2.40. The van der Waals surface area contributed by atoms with Crippen molar-refractivity contribution >= 4 is 31.5 Å². The summed E-state index contributed by atoms with van der Waals surface area (Å²) in [5.74, 6) is 0.805. The summed E-state index contributed by atoms with van der Waals surface area (Å²) in [6, 6.07) is 9.17. The Hall–Kier alpha value is -0.0631. The van der Waals surface area contributed by atoms with E-state index in [1.54, 1.807) is 0 Å². The molecule has 1 spiro atoms. The molecule has 0 saturated heterocycles. The Bertz CT molecular complexity index is 607. The molecule has 158 valence electrons. The normalized spacial score (nSPS) is 20.5. The lowest BCUT2D eigenvalue weighted by atomic mass is 9.80. The van der Waals surface area contributed by atoms with Crippen molar-refractivity contribution in [2.45, 2.75) is 83.5 Å². The maximum Gasteiger partial charge on any atom is 0.192 e. The predicted molar refractivity (Wildman–Crippen MR) is 124 cm³/mol. The van der Waals surface area contributed by atoms with Gasteiger partial charge in [-0.3, -0.25) is 0 Å². The number of hydrogen-bond donors (Lipinski definition) is 1. The van der Waals surface area contributed by atoms with E-state index in [2.05, 4.69) is 26.1 Å². The van der Waals surface area contributed by atoms with Crippen LogP contribution >= 0.6 is 23.2 Å². The molecule has 1 unspecified atom stereocenters. The largest absolute Gasteiger partial charge is 0.409 e. The smallest absolute Gasteiger partial charge is 0.192 e. The maximum absolute atomic E-state index is 6.87. The fraction of sp³-hybridized carbons (Fsp3) is 0.739. The van der Waals surface area contributed by atoms with Gasteiger partial charge in [0.25, 0.3) is 0 Å². The van der Waals surface area contributed by atoms with Gasteiger partial charge in [0.2, 0.25) is 0 Å². The van der Waals surface area contributed by atoms with Crippen LogP contribution in [0.1, 0.15) is 71.0 Å². The summed E-state index contributed by atoms with van der Waals surface area (Å²) < 4.78 is 6.87. The third kappa shape index (κ3) is 5.34. The van der Waals surface area contributed by atoms with Gasteiger partial charge in [-0.1, -0.05) is 50.0 Å². The molecule has 1 atom stereocenters. The zero-order chi connectivity index (χ0) is 20.2. The van der Waals surface area contributed by atoms with Gasteiger partial charge < -0.3 is 9.74 Å². The highest BCUT2D eigenvalue weighted by molar-refractivity contribution is 6.73. The van der Waals surface area contributed by atoms with Crippen molar-refractivity contribution in [1.82, 2.24) is 5.32 Å². The van der Waals surface area contributed by atoms with Gasteiger partial charge in [-0.25, -0.2) is 0 Å². The van der Waals surface area contributed by atoms with Gasteiger partial charge in [0, 0.05) is 22.2 Å². The Morgan fingerprint density at radius 2 is 1.61 bits per heavy atom. The second-order valence-corrected chi connectivity index (χ2v) is 14.6. The highest BCUT2D eigenvalue weighted by atomic mass is 35.5. The van der Waals surface area contributed by atoms with Crippen LogP contribution in [0.15, 0.2) is 18.2 Å². The summed E-state index contributed by atoms with van der Waals surface area (Å²) in [6.45, 7) is 8.69. The van der Waals surface area contributed by atoms with Crippen LogP contribution in [0.25, 0.3) is 0 Å². The Kier molecular flexibility index (Phi) is 7.94. The first kappa shape index (κ1) is 22.6. The topological polar surface area (TPSA) is 21.3 Å². The van der Waals surface area contributed by atoms with E-state index in [1.807, 2.05) is 18.2 Å². The van der Waals surface area contributed by atoms with Crippen molar-refractivity contribution in [3.63, 3.8) is 0 Å². The SMILES string of the molecule is CC[Si](CC)(CC)OC(CNCC1CCC2(CC1)CC2)c1c(Cl)cccc1Cl. The van der Waals surface area contributed by atoms with Gasteiger partial charge in [0.1, 0.15) is 0 Å². The summed E-state index contributed by atoms with van der Waals surface area (Å²) in [5, 5.41) is 5.17. The molecule has 2 fully saturated rings. The van der Waals surface area contributed by atoms with Gasteiger partial charge in [0.15, 0.2) is 8.32 Å². The molecule has 3 rings (SSSR count). The Morgan fingerprint density at radius 3 is 2.11 bits per heavy atom. The first-order valence-electron chi connectivity index (χ1n) is 11.3. The summed E-state index contributed by atoms with van der Waals surface area (Å²) in [6.07, 6.45) is 8.52. The molecule has 2 saturated carbocycles. The van der Waals surface area contributed by atoms with E-state index in [4.69, 9.17) is 27.6 Å². The van der Waals surface area contributed by atoms with E-state index >= 15 is 0 Å². The van der Waals surface area contributed by atoms with E-state index < -0.39 is 8.32 Å². The lowest BCUT2D eigenvalue weighted by molar-refractivity contribution is 0.178. The Morgan fingerprint density at radius 1 is 1.04 bits per heavy atom. The van der Waals surface area contributed by atoms with E-state index in [0.29, 0.717) is 0 Å². The highest BCUT2D eigenvalue weighted by Gasteiger charge is 2.44. The molecule has 0 amide bonds. The zero-order valence-corrected chi connectivity index (χ0v) is 20.3. The lowest BCUT2D eigenvalue weighted by Gasteiger charge is -2.35. The van der Waals surface area contributed by atoms with Gasteiger partial charge >= 0.3 is 0 Å². The number of nitrogens with one attached hydrogen (secondary N) is 1. The standard InChI is InChI=1S/C23H37Cl2NOSi/c1-4-28(5-2,6-3)27-21(22-19(24)8-7-9-20(22)25)17-26-16-18-10-12-23(13-11-18)14-15-23/h7-9,18,21,26H,4-6,10-17H2,1-3H3. The molecular weight excluding hydrogens is 405 g/mol. The summed E-state index contributed by atoms with van der Waals surface area (Å²) in [7, 11) is -1.77. The van der Waals surface area contributed by atoms with Gasteiger partial charge in [-0.2, -0.15) is 0 Å². The Balaban J connectivity index is 1.65. The minimum atomic E-state index is -1.77. The van der Waals surface area contributed by atoms with E-state index in [0.717, 1.165) is 58.2 Å². The molecule has 1 aromatic carbocycles. The number of benzene rings is 1. The molecule has 2 aliphatic rings. The molecule has 1 aromatic rings. The number of hydrogen-bond acceptors (Lipinski definition) is 2. The van der Waals surface area contributed by atoms with E-state index in [-0.39, 0.29) is 6.10 Å². The van der Waals surface area contributed by atoms with E-state index in [9.17, 15) is 0 Å². The third-order valence-electron chi connectivity index (χ3n) is 7.53. The van der Waals surface area contributed by atoms with Crippen molar-refractivity contribution in [3.8, 4) is 0 Å². The van der Waals surface area contributed by atoms with Crippen LogP contribution in [0, 0.1) is 11.3 Å². The highest BCUT2D eigenvalue weighted by Crippen LogP contribution is 2.57. The molecule has 0 heterocycles. The molecule has 2 nitrogen and oxygen atoms in total. The predicted octanol–water partition coefficient (Wildman–Crippen LogP) is 7.62. The van der Waals surface area contributed by atoms with Crippen molar-refractivity contribution in [2.24, 2.45) is 11.3 Å². The molecule has 2 aliphatic carbocycles. The molecule has 0 aliphatic heterocycles. The van der Waals surface area contributed by atoms with Gasteiger partial charge in [-0.05, 0) is 86.7 Å². The molecule has 0 aromatic heterocycles. The van der Waals surface area contributed by atoms with Crippen LogP contribution in [-0.4, -0.2) is 21.4 Å². The molecule has 1 N–H and O–H groups in total. The second-order valence-electron chi connectivity index (χ2n) is 9.09. The molecule has 0 bridgehead atoms. The molecule has 28 heavy (non-hydrogen) atoms. The van der Waals surface area contributed by atoms with Crippen LogP contribution in [0.4, 0.5) is 0 Å². The minimum absolute atomic E-state index is 0.0638. The monoisotopic (exact) mass is 441 g/mol. The summed E-state index contributed by atoms with van der Waals surface area (Å²) >= 11 is 13.1. The quantitative estimate of drug-likeness (QED) is 0.376. The summed E-state index contributed by atoms with van der Waals surface area (Å²) in [5.41, 5.74) is 1.73. The van der Waals surface area contributed by atoms with Gasteiger partial charge in [0.05, 0.1) is 6.10 Å². The second kappa shape index (κ2) is 9.83. The summed E-state index contributed by atoms with van der Waals surface area (Å²) in [4.78, 5) is 0. The van der Waals surface area contributed by atoms with Crippen molar-refractivity contribution in [1.29, 1.82) is 0 Å². The van der Waals surface area contributed by atoms with Crippen LogP contribution in [0.2, 0.25) is 28.2 Å². The fourth-order valence-electron chi connectivity index (χ4n) is 4.91. The fourth-order valence-corrected chi connectivity index (χ4v) is 8.36. The molecule has 5 heteroatoms.